The summed E-state index contributed by atoms with van der Waals surface area (Å²) in [4.78, 5) is 13.2. The summed E-state index contributed by atoms with van der Waals surface area (Å²) in [5, 5.41) is 3.68. The van der Waals surface area contributed by atoms with Gasteiger partial charge in [0.05, 0.1) is 18.2 Å². The second kappa shape index (κ2) is 8.56. The number of nitrogens with one attached hydrogen (secondary N) is 1. The number of nitrogens with zero attached hydrogens (tertiary/aromatic N) is 1. The van der Waals surface area contributed by atoms with Crippen molar-refractivity contribution >= 4 is 16.8 Å². The van der Waals surface area contributed by atoms with Crippen molar-refractivity contribution in [1.82, 2.24) is 9.88 Å². The largest absolute Gasteiger partial charge is 0.496 e. The summed E-state index contributed by atoms with van der Waals surface area (Å²) < 4.78 is 22.1. The SMILES string of the molecule is COc1ccccc1-c1ccc(Cn2ccc3c(F)ccc(C(=O)NC4CC5(CCC5)C4)c32)cc1. The number of fused-ring (bicyclic) bond motifs is 1. The maximum Gasteiger partial charge on any atom is 0.253 e. The molecule has 6 rings (SSSR count). The van der Waals surface area contributed by atoms with E-state index in [2.05, 4.69) is 29.6 Å². The summed E-state index contributed by atoms with van der Waals surface area (Å²) in [5.41, 5.74) is 4.85. The molecule has 1 N–H and O–H groups in total. The van der Waals surface area contributed by atoms with Gasteiger partial charge in [0.2, 0.25) is 0 Å². The highest BCUT2D eigenvalue weighted by Gasteiger charge is 2.48. The van der Waals surface area contributed by atoms with Gasteiger partial charge in [0.15, 0.2) is 0 Å². The first-order valence-corrected chi connectivity index (χ1v) is 12.4. The Labute approximate surface area is 204 Å². The normalized spacial score (nSPS) is 16.6. The number of para-hydroxylation sites is 1. The average Bonchev–Trinajstić information content (AvgIpc) is 3.25. The van der Waals surface area contributed by atoms with E-state index in [0.717, 1.165) is 35.3 Å². The van der Waals surface area contributed by atoms with Crippen molar-refractivity contribution in [2.45, 2.75) is 44.7 Å². The van der Waals surface area contributed by atoms with Gasteiger partial charge in [-0.05, 0) is 66.5 Å². The van der Waals surface area contributed by atoms with Crippen LogP contribution in [-0.2, 0) is 6.54 Å². The third-order valence-electron chi connectivity index (χ3n) is 7.95. The van der Waals surface area contributed by atoms with Crippen molar-refractivity contribution in [2.24, 2.45) is 5.41 Å². The number of ether oxygens (including phenoxy) is 1. The first kappa shape index (κ1) is 21.9. The van der Waals surface area contributed by atoms with Gasteiger partial charge in [-0.15, -0.1) is 0 Å². The first-order chi connectivity index (χ1) is 17.0. The van der Waals surface area contributed by atoms with Crippen LogP contribution in [-0.4, -0.2) is 23.6 Å². The standard InChI is InChI=1S/C30H29FN2O2/c1-35-27-6-3-2-5-23(27)21-9-7-20(8-10-21)19-33-16-13-24-26(31)12-11-25(28(24)33)29(34)32-22-17-30(18-22)14-4-15-30/h2-3,5-13,16,22H,4,14-15,17-19H2,1H3,(H,32,34). The molecule has 3 aromatic carbocycles. The van der Waals surface area contributed by atoms with Gasteiger partial charge in [0.1, 0.15) is 11.6 Å². The molecule has 2 aliphatic rings. The monoisotopic (exact) mass is 468 g/mol. The highest BCUT2D eigenvalue weighted by atomic mass is 19.1. The lowest BCUT2D eigenvalue weighted by Gasteiger charge is -2.54. The van der Waals surface area contributed by atoms with E-state index in [4.69, 9.17) is 4.74 Å². The fourth-order valence-corrected chi connectivity index (χ4v) is 5.91. The highest BCUT2D eigenvalue weighted by Crippen LogP contribution is 2.55. The van der Waals surface area contributed by atoms with Crippen LogP contribution in [0.25, 0.3) is 22.0 Å². The maximum absolute atomic E-state index is 14.6. The molecule has 0 unspecified atom stereocenters. The quantitative estimate of drug-likeness (QED) is 0.348. The van der Waals surface area contributed by atoms with Crippen molar-refractivity contribution < 1.29 is 13.9 Å². The molecule has 4 nitrogen and oxygen atoms in total. The van der Waals surface area contributed by atoms with Gasteiger partial charge in [0.25, 0.3) is 5.91 Å². The van der Waals surface area contributed by atoms with Gasteiger partial charge in [-0.1, -0.05) is 48.9 Å². The predicted octanol–water partition coefficient (Wildman–Crippen LogP) is 6.57. The van der Waals surface area contributed by atoms with Gasteiger partial charge in [-0.25, -0.2) is 4.39 Å². The molecule has 0 saturated heterocycles. The lowest BCUT2D eigenvalue weighted by molar-refractivity contribution is -0.000603. The molecule has 1 amide bonds. The van der Waals surface area contributed by atoms with Crippen LogP contribution < -0.4 is 10.1 Å². The van der Waals surface area contributed by atoms with E-state index in [1.54, 1.807) is 19.2 Å². The molecule has 1 aromatic heterocycles. The van der Waals surface area contributed by atoms with E-state index in [-0.39, 0.29) is 17.8 Å². The second-order valence-electron chi connectivity index (χ2n) is 10.1. The third kappa shape index (κ3) is 3.89. The topological polar surface area (TPSA) is 43.3 Å². The average molecular weight is 469 g/mol. The van der Waals surface area contributed by atoms with Crippen LogP contribution in [0.1, 0.15) is 48.0 Å². The van der Waals surface area contributed by atoms with Crippen LogP contribution in [0, 0.1) is 11.2 Å². The van der Waals surface area contributed by atoms with Gasteiger partial charge >= 0.3 is 0 Å². The Kier molecular flexibility index (Phi) is 5.36. The second-order valence-corrected chi connectivity index (χ2v) is 10.1. The van der Waals surface area contributed by atoms with E-state index in [1.807, 2.05) is 35.0 Å². The molecule has 1 heterocycles. The number of carbonyl (C=O) groups excluding carboxylic acids is 1. The Morgan fingerprint density at radius 1 is 1.06 bits per heavy atom. The van der Waals surface area contributed by atoms with Gasteiger partial charge < -0.3 is 14.6 Å². The molecule has 0 aliphatic heterocycles. The van der Waals surface area contributed by atoms with Crippen LogP contribution in [0.2, 0.25) is 0 Å². The number of carbonyl (C=O) groups is 1. The summed E-state index contributed by atoms with van der Waals surface area (Å²) in [7, 11) is 1.67. The lowest BCUT2D eigenvalue weighted by Crippen LogP contribution is -2.53. The number of aromatic nitrogens is 1. The number of benzene rings is 3. The minimum Gasteiger partial charge on any atom is -0.496 e. The molecule has 0 atom stereocenters. The molecule has 0 bridgehead atoms. The maximum atomic E-state index is 14.6. The molecule has 5 heteroatoms. The molecule has 2 fully saturated rings. The summed E-state index contributed by atoms with van der Waals surface area (Å²) in [6, 6.07) is 21.2. The Morgan fingerprint density at radius 3 is 2.54 bits per heavy atom. The lowest BCUT2D eigenvalue weighted by atomic mass is 9.54. The van der Waals surface area contributed by atoms with Crippen molar-refractivity contribution in [3.05, 3.63) is 89.9 Å². The smallest absolute Gasteiger partial charge is 0.253 e. The molecule has 0 radical (unpaired) electrons. The van der Waals surface area contributed by atoms with E-state index in [9.17, 15) is 9.18 Å². The summed E-state index contributed by atoms with van der Waals surface area (Å²) in [6.07, 6.45) is 7.90. The van der Waals surface area contributed by atoms with Crippen LogP contribution in [0.5, 0.6) is 5.75 Å². The van der Waals surface area contributed by atoms with Crippen LogP contribution in [0.3, 0.4) is 0 Å². The summed E-state index contributed by atoms with van der Waals surface area (Å²) in [5.74, 6) is 0.414. The number of hydrogen-bond acceptors (Lipinski definition) is 2. The van der Waals surface area contributed by atoms with Crippen LogP contribution in [0.4, 0.5) is 4.39 Å². The van der Waals surface area contributed by atoms with Crippen molar-refractivity contribution in [2.75, 3.05) is 7.11 Å². The molecule has 1 spiro atoms. The van der Waals surface area contributed by atoms with Crippen molar-refractivity contribution in [3.8, 4) is 16.9 Å². The fourth-order valence-electron chi connectivity index (χ4n) is 5.91. The highest BCUT2D eigenvalue weighted by molar-refractivity contribution is 6.06. The van der Waals surface area contributed by atoms with Gasteiger partial charge in [-0.2, -0.15) is 0 Å². The van der Waals surface area contributed by atoms with Crippen molar-refractivity contribution in [1.29, 1.82) is 0 Å². The number of hydrogen-bond donors (Lipinski definition) is 1. The number of amides is 1. The summed E-state index contributed by atoms with van der Waals surface area (Å²) in [6.45, 7) is 0.548. The van der Waals surface area contributed by atoms with E-state index in [0.29, 0.717) is 28.4 Å². The zero-order valence-electron chi connectivity index (χ0n) is 19.9. The molecule has 2 saturated carbocycles. The fraction of sp³-hybridized carbons (Fsp3) is 0.300. The van der Waals surface area contributed by atoms with Gasteiger partial charge in [0, 0.05) is 29.7 Å². The number of rotatable bonds is 6. The number of halogens is 1. The zero-order chi connectivity index (χ0) is 24.0. The molecule has 2 aliphatic carbocycles. The van der Waals surface area contributed by atoms with Crippen molar-refractivity contribution in [3.63, 3.8) is 0 Å². The van der Waals surface area contributed by atoms with E-state index >= 15 is 0 Å². The van der Waals surface area contributed by atoms with Gasteiger partial charge in [-0.3, -0.25) is 4.79 Å². The molecule has 4 aromatic rings. The predicted molar refractivity (Wildman–Crippen MR) is 136 cm³/mol. The van der Waals surface area contributed by atoms with E-state index < -0.39 is 0 Å². The Bertz CT molecular complexity index is 1390. The summed E-state index contributed by atoms with van der Waals surface area (Å²) >= 11 is 0. The first-order valence-electron chi connectivity index (χ1n) is 12.4. The van der Waals surface area contributed by atoms with Crippen LogP contribution >= 0.6 is 0 Å². The number of methoxy groups -OCH3 is 1. The minimum absolute atomic E-state index is 0.111. The zero-order valence-corrected chi connectivity index (χ0v) is 19.9. The van der Waals surface area contributed by atoms with Crippen LogP contribution in [0.15, 0.2) is 72.9 Å². The third-order valence-corrected chi connectivity index (χ3v) is 7.95. The minimum atomic E-state index is -0.307. The molecule has 35 heavy (non-hydrogen) atoms. The molecule has 178 valence electrons. The Hall–Kier alpha value is -3.60. The Morgan fingerprint density at radius 2 is 1.83 bits per heavy atom. The molecular weight excluding hydrogens is 439 g/mol. The molecular formula is C30H29FN2O2. The Balaban J connectivity index is 1.25. The van der Waals surface area contributed by atoms with E-state index in [1.165, 1.54) is 25.3 Å².